The first-order chi connectivity index (χ1) is 6.20. The molecule has 0 rings (SSSR count). The molecule has 3 nitrogen and oxygen atoms in total. The van der Waals surface area contributed by atoms with Gasteiger partial charge in [0.2, 0.25) is 0 Å². The van der Waals surface area contributed by atoms with Crippen molar-refractivity contribution >= 4 is 5.97 Å². The minimum Gasteiger partial charge on any atom is -0.463 e. The van der Waals surface area contributed by atoms with Crippen LogP contribution in [-0.4, -0.2) is 23.8 Å². The first-order valence-corrected chi connectivity index (χ1v) is 4.34. The molecule has 0 aromatic rings. The number of hydrogen-bond acceptors (Lipinski definition) is 3. The van der Waals surface area contributed by atoms with E-state index in [-0.39, 0.29) is 5.97 Å². The number of carbonyl (C=O) groups is 1. The second-order valence-corrected chi connectivity index (χ2v) is 2.48. The van der Waals surface area contributed by atoms with Crippen LogP contribution in [-0.2, 0) is 9.53 Å². The second-order valence-electron chi connectivity index (χ2n) is 2.48. The Morgan fingerprint density at radius 2 is 2.31 bits per heavy atom. The summed E-state index contributed by atoms with van der Waals surface area (Å²) in [6.45, 7) is 3.96. The maximum atomic E-state index is 10.8. The standard InChI is InChI=1S/C10H16O3/c1-3-6-9(11)7-5-8-10(12)13-4-2/h3,5-6,8-9,11H,4,7H2,1-2H3/b6-3+,8-5+/t9-/m1/s1. The summed E-state index contributed by atoms with van der Waals surface area (Å²) in [4.78, 5) is 10.8. The Kier molecular flexibility index (Phi) is 6.92. The minimum absolute atomic E-state index is 0.366. The van der Waals surface area contributed by atoms with Crippen molar-refractivity contribution in [3.05, 3.63) is 24.3 Å². The number of esters is 1. The molecule has 0 saturated carbocycles. The van der Waals surface area contributed by atoms with Crippen molar-refractivity contribution in [1.29, 1.82) is 0 Å². The summed E-state index contributed by atoms with van der Waals surface area (Å²) in [5.74, 6) is -0.366. The van der Waals surface area contributed by atoms with E-state index in [2.05, 4.69) is 4.74 Å². The van der Waals surface area contributed by atoms with Crippen molar-refractivity contribution in [2.45, 2.75) is 26.4 Å². The van der Waals surface area contributed by atoms with E-state index in [1.807, 2.05) is 6.92 Å². The zero-order valence-corrected chi connectivity index (χ0v) is 8.06. The second kappa shape index (κ2) is 7.55. The first kappa shape index (κ1) is 11.9. The molecule has 0 radical (unpaired) electrons. The summed E-state index contributed by atoms with van der Waals surface area (Å²) in [6.07, 6.45) is 6.27. The Morgan fingerprint density at radius 1 is 1.62 bits per heavy atom. The number of hydrogen-bond donors (Lipinski definition) is 1. The molecular formula is C10H16O3. The van der Waals surface area contributed by atoms with Gasteiger partial charge in [-0.3, -0.25) is 0 Å². The monoisotopic (exact) mass is 184 g/mol. The SMILES string of the molecule is C/C=C/[C@@H](O)C/C=C/C(=O)OCC. The van der Waals surface area contributed by atoms with Crippen LogP contribution >= 0.6 is 0 Å². The number of allylic oxidation sites excluding steroid dienone is 1. The van der Waals surface area contributed by atoms with Gasteiger partial charge >= 0.3 is 5.97 Å². The van der Waals surface area contributed by atoms with E-state index in [1.54, 1.807) is 25.2 Å². The average Bonchev–Trinajstić information content (AvgIpc) is 2.05. The highest BCUT2D eigenvalue weighted by Gasteiger charge is 1.96. The fraction of sp³-hybridized carbons (Fsp3) is 0.500. The van der Waals surface area contributed by atoms with Crippen LogP contribution in [0, 0.1) is 0 Å². The molecule has 0 saturated heterocycles. The van der Waals surface area contributed by atoms with Crippen molar-refractivity contribution < 1.29 is 14.6 Å². The highest BCUT2D eigenvalue weighted by molar-refractivity contribution is 5.81. The largest absolute Gasteiger partial charge is 0.463 e. The Balaban J connectivity index is 3.67. The smallest absolute Gasteiger partial charge is 0.330 e. The summed E-state index contributed by atoms with van der Waals surface area (Å²) < 4.78 is 4.66. The molecule has 0 heterocycles. The fourth-order valence-corrected chi connectivity index (χ4v) is 0.795. The lowest BCUT2D eigenvalue weighted by atomic mass is 10.2. The third kappa shape index (κ3) is 7.28. The van der Waals surface area contributed by atoms with Crippen molar-refractivity contribution in [2.24, 2.45) is 0 Å². The van der Waals surface area contributed by atoms with Gasteiger partial charge in [0.15, 0.2) is 0 Å². The zero-order chi connectivity index (χ0) is 10.1. The molecule has 0 aromatic carbocycles. The van der Waals surface area contributed by atoms with Gasteiger partial charge in [-0.1, -0.05) is 18.2 Å². The highest BCUT2D eigenvalue weighted by atomic mass is 16.5. The third-order valence-corrected chi connectivity index (χ3v) is 1.33. The molecule has 0 fully saturated rings. The molecule has 1 N–H and O–H groups in total. The van der Waals surface area contributed by atoms with Crippen LogP contribution in [0.25, 0.3) is 0 Å². The van der Waals surface area contributed by atoms with Crippen molar-refractivity contribution in [3.63, 3.8) is 0 Å². The minimum atomic E-state index is -0.518. The predicted octanol–water partition coefficient (Wildman–Crippen LogP) is 1.43. The van der Waals surface area contributed by atoms with Crippen LogP contribution in [0.5, 0.6) is 0 Å². The molecule has 0 bridgehead atoms. The lowest BCUT2D eigenvalue weighted by molar-refractivity contribution is -0.137. The quantitative estimate of drug-likeness (QED) is 0.399. The van der Waals surface area contributed by atoms with Gasteiger partial charge in [0.05, 0.1) is 12.7 Å². The van der Waals surface area contributed by atoms with Crippen LogP contribution in [0.15, 0.2) is 24.3 Å². The van der Waals surface area contributed by atoms with Crippen molar-refractivity contribution in [2.75, 3.05) is 6.61 Å². The number of aliphatic hydroxyl groups excluding tert-OH is 1. The summed E-state index contributed by atoms with van der Waals surface area (Å²) >= 11 is 0. The van der Waals surface area contributed by atoms with Gasteiger partial charge in [-0.05, 0) is 20.3 Å². The molecule has 0 aromatic heterocycles. The molecule has 0 amide bonds. The normalized spacial score (nSPS) is 13.8. The first-order valence-electron chi connectivity index (χ1n) is 4.34. The summed E-state index contributed by atoms with van der Waals surface area (Å²) in [5, 5.41) is 9.20. The zero-order valence-electron chi connectivity index (χ0n) is 8.06. The van der Waals surface area contributed by atoms with E-state index < -0.39 is 6.10 Å². The fourth-order valence-electron chi connectivity index (χ4n) is 0.795. The molecule has 0 aliphatic rings. The number of aliphatic hydroxyl groups is 1. The van der Waals surface area contributed by atoms with Gasteiger partial charge in [-0.15, -0.1) is 0 Å². The molecule has 3 heteroatoms. The molecule has 0 aliphatic carbocycles. The molecule has 13 heavy (non-hydrogen) atoms. The van der Waals surface area contributed by atoms with E-state index in [0.717, 1.165) is 0 Å². The molecule has 0 aliphatic heterocycles. The summed E-state index contributed by atoms with van der Waals surface area (Å²) in [7, 11) is 0. The Morgan fingerprint density at radius 3 is 2.85 bits per heavy atom. The highest BCUT2D eigenvalue weighted by Crippen LogP contribution is 1.95. The summed E-state index contributed by atoms with van der Waals surface area (Å²) in [6, 6.07) is 0. The van der Waals surface area contributed by atoms with Gasteiger partial charge < -0.3 is 9.84 Å². The van der Waals surface area contributed by atoms with E-state index in [4.69, 9.17) is 0 Å². The lowest BCUT2D eigenvalue weighted by Gasteiger charge is -1.99. The van der Waals surface area contributed by atoms with Gasteiger partial charge in [-0.2, -0.15) is 0 Å². The molecule has 1 atom stereocenters. The average molecular weight is 184 g/mol. The molecule has 0 spiro atoms. The molecule has 0 unspecified atom stereocenters. The number of ether oxygens (including phenoxy) is 1. The van der Waals surface area contributed by atoms with Crippen molar-refractivity contribution in [1.82, 2.24) is 0 Å². The van der Waals surface area contributed by atoms with E-state index in [1.165, 1.54) is 6.08 Å². The Hall–Kier alpha value is -1.09. The summed E-state index contributed by atoms with van der Waals surface area (Å²) in [5.41, 5.74) is 0. The predicted molar refractivity (Wildman–Crippen MR) is 51.2 cm³/mol. The van der Waals surface area contributed by atoms with Crippen LogP contribution in [0.3, 0.4) is 0 Å². The number of rotatable bonds is 5. The Bertz CT molecular complexity index is 194. The van der Waals surface area contributed by atoms with E-state index in [9.17, 15) is 9.90 Å². The van der Waals surface area contributed by atoms with Crippen LogP contribution in [0.1, 0.15) is 20.3 Å². The Labute approximate surface area is 78.7 Å². The third-order valence-electron chi connectivity index (χ3n) is 1.33. The van der Waals surface area contributed by atoms with Gasteiger partial charge in [0.25, 0.3) is 0 Å². The van der Waals surface area contributed by atoms with E-state index >= 15 is 0 Å². The lowest BCUT2D eigenvalue weighted by Crippen LogP contribution is -2.02. The van der Waals surface area contributed by atoms with Gasteiger partial charge in [0.1, 0.15) is 0 Å². The van der Waals surface area contributed by atoms with Gasteiger partial charge in [-0.25, -0.2) is 4.79 Å². The maximum absolute atomic E-state index is 10.8. The number of carbonyl (C=O) groups excluding carboxylic acids is 1. The van der Waals surface area contributed by atoms with E-state index in [0.29, 0.717) is 13.0 Å². The van der Waals surface area contributed by atoms with Crippen LogP contribution in [0.2, 0.25) is 0 Å². The maximum Gasteiger partial charge on any atom is 0.330 e. The van der Waals surface area contributed by atoms with Crippen LogP contribution in [0.4, 0.5) is 0 Å². The van der Waals surface area contributed by atoms with Gasteiger partial charge in [0, 0.05) is 6.08 Å². The molecule has 74 valence electrons. The topological polar surface area (TPSA) is 46.5 Å². The van der Waals surface area contributed by atoms with Crippen LogP contribution < -0.4 is 0 Å². The van der Waals surface area contributed by atoms with Crippen molar-refractivity contribution in [3.8, 4) is 0 Å². The molecular weight excluding hydrogens is 168 g/mol.